The Morgan fingerprint density at radius 3 is 2.74 bits per heavy atom. The molecule has 1 heterocycles. The molecular formula is C16H30N2O. The minimum atomic E-state index is 0.0974. The molecule has 1 unspecified atom stereocenters. The fourth-order valence-corrected chi connectivity index (χ4v) is 3.54. The van der Waals surface area contributed by atoms with E-state index in [1.54, 1.807) is 0 Å². The number of nitrogens with one attached hydrogen (secondary N) is 1. The molecule has 3 nitrogen and oxygen atoms in total. The molecule has 1 saturated carbocycles. The number of rotatable bonds is 7. The molecular weight excluding hydrogens is 236 g/mol. The highest BCUT2D eigenvalue weighted by Crippen LogP contribution is 2.28. The highest BCUT2D eigenvalue weighted by atomic mass is 16.2. The third-order valence-electron chi connectivity index (χ3n) is 4.69. The van der Waals surface area contributed by atoms with Crippen LogP contribution in [0.15, 0.2) is 0 Å². The molecule has 0 bridgehead atoms. The first-order valence-corrected chi connectivity index (χ1v) is 8.33. The summed E-state index contributed by atoms with van der Waals surface area (Å²) in [5.74, 6) is 1.31. The minimum Gasteiger partial charge on any atom is -0.341 e. The van der Waals surface area contributed by atoms with Crippen LogP contribution in [-0.2, 0) is 4.79 Å². The fraction of sp³-hybridized carbons (Fsp3) is 0.938. The molecule has 2 rings (SSSR count). The van der Waals surface area contributed by atoms with E-state index in [0.29, 0.717) is 5.91 Å². The Bertz CT molecular complexity index is 274. The van der Waals surface area contributed by atoms with Crippen molar-refractivity contribution in [1.82, 2.24) is 10.2 Å². The topological polar surface area (TPSA) is 32.3 Å². The molecule has 2 aliphatic rings. The average molecular weight is 266 g/mol. The van der Waals surface area contributed by atoms with E-state index in [2.05, 4.69) is 17.1 Å². The molecule has 1 atom stereocenters. The van der Waals surface area contributed by atoms with E-state index in [4.69, 9.17) is 0 Å². The van der Waals surface area contributed by atoms with Gasteiger partial charge >= 0.3 is 0 Å². The number of likely N-dealkylation sites (tertiary alicyclic amines) is 1. The van der Waals surface area contributed by atoms with E-state index in [-0.39, 0.29) is 6.04 Å². The first-order chi connectivity index (χ1) is 9.31. The van der Waals surface area contributed by atoms with Crippen LogP contribution in [0.25, 0.3) is 0 Å². The van der Waals surface area contributed by atoms with Crippen LogP contribution in [0.3, 0.4) is 0 Å². The van der Waals surface area contributed by atoms with Crippen LogP contribution in [0.4, 0.5) is 0 Å². The van der Waals surface area contributed by atoms with Gasteiger partial charge in [0.05, 0.1) is 6.04 Å². The van der Waals surface area contributed by atoms with E-state index in [1.807, 2.05) is 0 Å². The van der Waals surface area contributed by atoms with Crippen LogP contribution in [0, 0.1) is 5.92 Å². The Morgan fingerprint density at radius 1 is 1.21 bits per heavy atom. The molecule has 3 heteroatoms. The number of carbonyl (C=O) groups is 1. The zero-order valence-electron chi connectivity index (χ0n) is 12.5. The smallest absolute Gasteiger partial charge is 0.239 e. The van der Waals surface area contributed by atoms with Crippen LogP contribution < -0.4 is 5.32 Å². The summed E-state index contributed by atoms with van der Waals surface area (Å²) in [6, 6.07) is 0.0974. The molecule has 0 aromatic heterocycles. The average Bonchev–Trinajstić information content (AvgIpc) is 2.92. The van der Waals surface area contributed by atoms with Crippen LogP contribution >= 0.6 is 0 Å². The predicted octanol–water partition coefficient (Wildman–Crippen LogP) is 2.95. The predicted molar refractivity (Wildman–Crippen MR) is 79.1 cm³/mol. The monoisotopic (exact) mass is 266 g/mol. The second-order valence-corrected chi connectivity index (χ2v) is 6.27. The zero-order valence-corrected chi connectivity index (χ0v) is 12.5. The standard InChI is InChI=1S/C16H30N2O/c1-2-11-17-15-10-6-13-18(16(15)19)12-5-9-14-7-3-4-8-14/h14-15,17H,2-13H2,1H3. The first-order valence-electron chi connectivity index (χ1n) is 8.33. The van der Waals surface area contributed by atoms with Crippen molar-refractivity contribution < 1.29 is 4.79 Å². The summed E-state index contributed by atoms with van der Waals surface area (Å²) in [7, 11) is 0. The maximum atomic E-state index is 12.3. The maximum Gasteiger partial charge on any atom is 0.239 e. The normalized spacial score (nSPS) is 25.2. The quantitative estimate of drug-likeness (QED) is 0.768. The molecule has 110 valence electrons. The van der Waals surface area contributed by atoms with E-state index in [0.717, 1.165) is 44.8 Å². The van der Waals surface area contributed by atoms with Gasteiger partial charge < -0.3 is 10.2 Å². The summed E-state index contributed by atoms with van der Waals surface area (Å²) in [5.41, 5.74) is 0. The second kappa shape index (κ2) is 7.88. The van der Waals surface area contributed by atoms with Gasteiger partial charge in [-0.3, -0.25) is 4.79 Å². The van der Waals surface area contributed by atoms with Crippen LogP contribution in [0.5, 0.6) is 0 Å². The van der Waals surface area contributed by atoms with Crippen molar-refractivity contribution >= 4 is 5.91 Å². The molecule has 1 aliphatic carbocycles. The largest absolute Gasteiger partial charge is 0.341 e. The molecule has 0 radical (unpaired) electrons. The van der Waals surface area contributed by atoms with Crippen molar-refractivity contribution in [2.75, 3.05) is 19.6 Å². The molecule has 1 amide bonds. The first kappa shape index (κ1) is 14.8. The third-order valence-corrected chi connectivity index (χ3v) is 4.69. The van der Waals surface area contributed by atoms with E-state index < -0.39 is 0 Å². The molecule has 1 N–H and O–H groups in total. The Morgan fingerprint density at radius 2 is 2.00 bits per heavy atom. The van der Waals surface area contributed by atoms with Gasteiger partial charge in [-0.1, -0.05) is 32.6 Å². The number of amides is 1. The number of nitrogens with zero attached hydrogens (tertiary/aromatic N) is 1. The minimum absolute atomic E-state index is 0.0974. The fourth-order valence-electron chi connectivity index (χ4n) is 3.54. The van der Waals surface area contributed by atoms with Gasteiger partial charge in [0.15, 0.2) is 0 Å². The number of piperidine rings is 1. The Labute approximate surface area is 118 Å². The third kappa shape index (κ3) is 4.48. The molecule has 1 aliphatic heterocycles. The number of hydrogen-bond donors (Lipinski definition) is 1. The van der Waals surface area contributed by atoms with Crippen molar-refractivity contribution in [3.05, 3.63) is 0 Å². The van der Waals surface area contributed by atoms with Gasteiger partial charge in [-0.15, -0.1) is 0 Å². The summed E-state index contributed by atoms with van der Waals surface area (Å²) in [6.45, 7) is 5.08. The van der Waals surface area contributed by atoms with Gasteiger partial charge in [-0.25, -0.2) is 0 Å². The highest BCUT2D eigenvalue weighted by Gasteiger charge is 2.27. The van der Waals surface area contributed by atoms with Gasteiger partial charge in [-0.2, -0.15) is 0 Å². The summed E-state index contributed by atoms with van der Waals surface area (Å²) < 4.78 is 0. The Kier molecular flexibility index (Phi) is 6.15. The molecule has 0 aromatic rings. The van der Waals surface area contributed by atoms with Gasteiger partial charge in [0.1, 0.15) is 0 Å². The lowest BCUT2D eigenvalue weighted by molar-refractivity contribution is -0.136. The number of carbonyl (C=O) groups excluding carboxylic acids is 1. The Balaban J connectivity index is 1.68. The molecule has 2 fully saturated rings. The van der Waals surface area contributed by atoms with Crippen molar-refractivity contribution in [3.8, 4) is 0 Å². The lowest BCUT2D eigenvalue weighted by atomic mass is 10.0. The lowest BCUT2D eigenvalue weighted by Gasteiger charge is -2.33. The summed E-state index contributed by atoms with van der Waals surface area (Å²) in [4.78, 5) is 14.4. The van der Waals surface area contributed by atoms with Gasteiger partial charge in [0, 0.05) is 13.1 Å². The van der Waals surface area contributed by atoms with E-state index in [9.17, 15) is 4.79 Å². The van der Waals surface area contributed by atoms with Crippen molar-refractivity contribution in [2.24, 2.45) is 5.92 Å². The van der Waals surface area contributed by atoms with Gasteiger partial charge in [-0.05, 0) is 44.6 Å². The lowest BCUT2D eigenvalue weighted by Crippen LogP contribution is -2.51. The number of hydrogen-bond acceptors (Lipinski definition) is 2. The summed E-state index contributed by atoms with van der Waals surface area (Å²) in [6.07, 6.45) is 11.5. The Hall–Kier alpha value is -0.570. The van der Waals surface area contributed by atoms with Crippen molar-refractivity contribution in [2.45, 2.75) is 70.8 Å². The summed E-state index contributed by atoms with van der Waals surface area (Å²) in [5, 5.41) is 3.39. The zero-order chi connectivity index (χ0) is 13.5. The van der Waals surface area contributed by atoms with Gasteiger partial charge in [0.2, 0.25) is 5.91 Å². The maximum absolute atomic E-state index is 12.3. The van der Waals surface area contributed by atoms with Crippen molar-refractivity contribution in [3.63, 3.8) is 0 Å². The van der Waals surface area contributed by atoms with Crippen molar-refractivity contribution in [1.29, 1.82) is 0 Å². The molecule has 19 heavy (non-hydrogen) atoms. The summed E-state index contributed by atoms with van der Waals surface area (Å²) >= 11 is 0. The van der Waals surface area contributed by atoms with Crippen LogP contribution in [0.1, 0.15) is 64.7 Å². The highest BCUT2D eigenvalue weighted by molar-refractivity contribution is 5.82. The van der Waals surface area contributed by atoms with Crippen LogP contribution in [0.2, 0.25) is 0 Å². The second-order valence-electron chi connectivity index (χ2n) is 6.27. The molecule has 1 saturated heterocycles. The van der Waals surface area contributed by atoms with E-state index >= 15 is 0 Å². The van der Waals surface area contributed by atoms with Gasteiger partial charge in [0.25, 0.3) is 0 Å². The van der Waals surface area contributed by atoms with Crippen LogP contribution in [-0.4, -0.2) is 36.5 Å². The van der Waals surface area contributed by atoms with E-state index in [1.165, 1.54) is 38.5 Å². The molecule has 0 aromatic carbocycles. The molecule has 0 spiro atoms. The SMILES string of the molecule is CCCNC1CCCN(CCCC2CCCC2)C1=O.